The van der Waals surface area contributed by atoms with Crippen LogP contribution in [-0.4, -0.2) is 36.1 Å². The van der Waals surface area contributed by atoms with Crippen molar-refractivity contribution >= 4 is 28.5 Å². The van der Waals surface area contributed by atoms with Crippen molar-refractivity contribution in [1.29, 1.82) is 0 Å². The molecule has 7 nitrogen and oxygen atoms in total. The fraction of sp³-hybridized carbons (Fsp3) is 0.125. The molecule has 0 spiro atoms. The smallest absolute Gasteiger partial charge is 0.247 e. The number of nitrogens with one attached hydrogen (secondary N) is 2. The lowest BCUT2D eigenvalue weighted by Crippen LogP contribution is -2.09. The van der Waals surface area contributed by atoms with Crippen molar-refractivity contribution in [2.45, 2.75) is 0 Å². The maximum absolute atomic E-state index is 11.8. The molecule has 31 heavy (non-hydrogen) atoms. The van der Waals surface area contributed by atoms with Gasteiger partial charge in [-0.05, 0) is 23.8 Å². The molecule has 0 atom stereocenters. The zero-order valence-corrected chi connectivity index (χ0v) is 17.1. The van der Waals surface area contributed by atoms with Gasteiger partial charge in [-0.25, -0.2) is 9.97 Å². The minimum atomic E-state index is -0.275. The first-order chi connectivity index (χ1) is 15.2. The summed E-state index contributed by atoms with van der Waals surface area (Å²) in [7, 11) is 1.65. The third kappa shape index (κ3) is 4.31. The number of rotatable bonds is 8. The van der Waals surface area contributed by atoms with Crippen LogP contribution in [-0.2, 0) is 9.53 Å². The van der Waals surface area contributed by atoms with Crippen LogP contribution in [0.2, 0.25) is 0 Å². The Morgan fingerprint density at radius 2 is 1.94 bits per heavy atom. The topological polar surface area (TPSA) is 89.3 Å². The van der Waals surface area contributed by atoms with Crippen LogP contribution in [0.5, 0.6) is 0 Å². The lowest BCUT2D eigenvalue weighted by Gasteiger charge is -2.10. The van der Waals surface area contributed by atoms with Crippen LogP contribution in [0, 0.1) is 0 Å². The standard InChI is InChI=1S/C24H22N4O3/c1-3-19(29)28-18-11-7-10-17(14-18)20-21-23(25-12-13-30-2)26-15-27-24(21)31-22(20)16-8-5-4-6-9-16/h3-11,14-15H,1,12-13H2,2H3,(H,28,29)(H,25,26,27). The molecule has 4 rings (SSSR count). The molecule has 0 radical (unpaired) electrons. The lowest BCUT2D eigenvalue weighted by atomic mass is 9.99. The molecule has 0 aliphatic rings. The minimum absolute atomic E-state index is 0.275. The van der Waals surface area contributed by atoms with E-state index in [1.54, 1.807) is 7.11 Å². The van der Waals surface area contributed by atoms with Crippen LogP contribution in [0.4, 0.5) is 11.5 Å². The highest BCUT2D eigenvalue weighted by Gasteiger charge is 2.22. The number of anilines is 2. The lowest BCUT2D eigenvalue weighted by molar-refractivity contribution is -0.111. The van der Waals surface area contributed by atoms with Crippen LogP contribution in [0.3, 0.4) is 0 Å². The molecule has 0 aliphatic heterocycles. The van der Waals surface area contributed by atoms with Gasteiger partial charge >= 0.3 is 0 Å². The first kappa shape index (κ1) is 20.3. The van der Waals surface area contributed by atoms with Gasteiger partial charge in [-0.1, -0.05) is 49.0 Å². The molecule has 0 fully saturated rings. The van der Waals surface area contributed by atoms with Gasteiger partial charge in [0, 0.05) is 30.5 Å². The van der Waals surface area contributed by atoms with E-state index in [2.05, 4.69) is 27.2 Å². The molecule has 2 aromatic heterocycles. The summed E-state index contributed by atoms with van der Waals surface area (Å²) in [5.74, 6) is 1.06. The SMILES string of the molecule is C=CC(=O)Nc1cccc(-c2c(-c3ccccc3)oc3ncnc(NCCOC)c23)c1. The van der Waals surface area contributed by atoms with Crippen molar-refractivity contribution in [1.82, 2.24) is 9.97 Å². The Morgan fingerprint density at radius 3 is 2.71 bits per heavy atom. The number of aromatic nitrogens is 2. The first-order valence-corrected chi connectivity index (χ1v) is 9.81. The molecular weight excluding hydrogens is 392 g/mol. The van der Waals surface area contributed by atoms with Gasteiger partial charge in [-0.15, -0.1) is 0 Å². The number of furan rings is 1. The number of benzene rings is 2. The molecule has 156 valence electrons. The van der Waals surface area contributed by atoms with Crippen molar-refractivity contribution in [3.8, 4) is 22.5 Å². The largest absolute Gasteiger partial charge is 0.437 e. The van der Waals surface area contributed by atoms with Gasteiger partial charge in [0.1, 0.15) is 17.9 Å². The summed E-state index contributed by atoms with van der Waals surface area (Å²) in [5, 5.41) is 6.88. The normalized spacial score (nSPS) is 10.7. The van der Waals surface area contributed by atoms with Gasteiger partial charge in [0.15, 0.2) is 0 Å². The number of methoxy groups -OCH3 is 1. The first-order valence-electron chi connectivity index (χ1n) is 9.81. The average molecular weight is 414 g/mol. The minimum Gasteiger partial charge on any atom is -0.437 e. The second kappa shape index (κ2) is 9.23. The van der Waals surface area contributed by atoms with Crippen LogP contribution in [0.25, 0.3) is 33.6 Å². The third-order valence-corrected chi connectivity index (χ3v) is 4.73. The zero-order chi connectivity index (χ0) is 21.6. The molecule has 1 amide bonds. The van der Waals surface area contributed by atoms with Gasteiger partial charge in [0.25, 0.3) is 0 Å². The zero-order valence-electron chi connectivity index (χ0n) is 17.1. The third-order valence-electron chi connectivity index (χ3n) is 4.73. The van der Waals surface area contributed by atoms with Crippen molar-refractivity contribution in [2.75, 3.05) is 30.9 Å². The van der Waals surface area contributed by atoms with Gasteiger partial charge in [0.2, 0.25) is 11.6 Å². The summed E-state index contributed by atoms with van der Waals surface area (Å²) in [6.07, 6.45) is 2.71. The van der Waals surface area contributed by atoms with E-state index in [0.717, 1.165) is 22.1 Å². The molecule has 2 heterocycles. The number of hydrogen-bond donors (Lipinski definition) is 2. The van der Waals surface area contributed by atoms with Gasteiger partial charge in [0.05, 0.1) is 12.0 Å². The fourth-order valence-electron chi connectivity index (χ4n) is 3.35. The summed E-state index contributed by atoms with van der Waals surface area (Å²) >= 11 is 0. The van der Waals surface area contributed by atoms with Gasteiger partial charge in [-0.2, -0.15) is 0 Å². The highest BCUT2D eigenvalue weighted by atomic mass is 16.5. The van der Waals surface area contributed by atoms with E-state index in [-0.39, 0.29) is 5.91 Å². The van der Waals surface area contributed by atoms with E-state index in [9.17, 15) is 4.79 Å². The average Bonchev–Trinajstić information content (AvgIpc) is 3.20. The molecule has 0 saturated heterocycles. The van der Waals surface area contributed by atoms with E-state index in [1.807, 2.05) is 54.6 Å². The molecule has 2 N–H and O–H groups in total. The Balaban J connectivity index is 1.92. The molecule has 2 aromatic carbocycles. The Bertz CT molecular complexity index is 1220. The maximum atomic E-state index is 11.8. The molecule has 0 aliphatic carbocycles. The van der Waals surface area contributed by atoms with E-state index >= 15 is 0 Å². The summed E-state index contributed by atoms with van der Waals surface area (Å²) < 4.78 is 11.4. The summed E-state index contributed by atoms with van der Waals surface area (Å²) in [6.45, 7) is 4.63. The second-order valence-electron chi connectivity index (χ2n) is 6.77. The molecule has 4 aromatic rings. The Morgan fingerprint density at radius 1 is 1.13 bits per heavy atom. The van der Waals surface area contributed by atoms with Crippen LogP contribution in [0.1, 0.15) is 0 Å². The summed E-state index contributed by atoms with van der Waals surface area (Å²) in [5.41, 5.74) is 3.75. The van der Waals surface area contributed by atoms with Crippen molar-refractivity contribution in [2.24, 2.45) is 0 Å². The Hall–Kier alpha value is -3.97. The number of carbonyl (C=O) groups excluding carboxylic acids is 1. The number of ether oxygens (including phenoxy) is 1. The maximum Gasteiger partial charge on any atom is 0.247 e. The Labute approximate surface area is 179 Å². The van der Waals surface area contributed by atoms with Gasteiger partial charge in [-0.3, -0.25) is 4.79 Å². The van der Waals surface area contributed by atoms with E-state index < -0.39 is 0 Å². The van der Waals surface area contributed by atoms with Crippen LogP contribution < -0.4 is 10.6 Å². The van der Waals surface area contributed by atoms with Crippen molar-refractivity contribution < 1.29 is 13.9 Å². The van der Waals surface area contributed by atoms with Crippen LogP contribution in [0.15, 0.2) is 78.0 Å². The molecular formula is C24H22N4O3. The molecule has 0 unspecified atom stereocenters. The second-order valence-corrected chi connectivity index (χ2v) is 6.77. The molecule has 0 saturated carbocycles. The highest BCUT2D eigenvalue weighted by Crippen LogP contribution is 2.43. The predicted octanol–water partition coefficient (Wildman–Crippen LogP) is 4.74. The van der Waals surface area contributed by atoms with Crippen LogP contribution >= 0.6 is 0 Å². The Kier molecular flexibility index (Phi) is 6.05. The quantitative estimate of drug-likeness (QED) is 0.320. The van der Waals surface area contributed by atoms with Crippen molar-refractivity contribution in [3.05, 3.63) is 73.6 Å². The summed E-state index contributed by atoms with van der Waals surface area (Å²) in [6, 6.07) is 17.4. The number of hydrogen-bond acceptors (Lipinski definition) is 6. The molecule has 0 bridgehead atoms. The monoisotopic (exact) mass is 414 g/mol. The van der Waals surface area contributed by atoms with E-state index in [1.165, 1.54) is 12.4 Å². The van der Waals surface area contributed by atoms with Gasteiger partial charge < -0.3 is 19.8 Å². The van der Waals surface area contributed by atoms with E-state index in [0.29, 0.717) is 36.1 Å². The summed E-state index contributed by atoms with van der Waals surface area (Å²) in [4.78, 5) is 20.6. The highest BCUT2D eigenvalue weighted by molar-refractivity contribution is 6.06. The number of amides is 1. The predicted molar refractivity (Wildman–Crippen MR) is 122 cm³/mol. The van der Waals surface area contributed by atoms with Crippen molar-refractivity contribution in [3.63, 3.8) is 0 Å². The van der Waals surface area contributed by atoms with E-state index in [4.69, 9.17) is 9.15 Å². The number of fused-ring (bicyclic) bond motifs is 1. The fourth-order valence-corrected chi connectivity index (χ4v) is 3.35. The number of carbonyl (C=O) groups is 1. The molecule has 7 heteroatoms. The number of nitrogens with zero attached hydrogens (tertiary/aromatic N) is 2.